The summed E-state index contributed by atoms with van der Waals surface area (Å²) in [4.78, 5) is 52.6. The standard InChI is InChI=1S/C31H28ClN3O6/c1-19-27(20-8-11-22(12-9-20)41-16-6-2-4-14-32)25-7-3-5-15-34(25)28(19)29(38)21-10-13-23-24(17-21)33-31(40)35(30(23)39)18-26(36)37/h3,5,7-13,15,17H,2,4,6,14,16,18H2,1H3,(H,33,40)(H,36,37). The van der Waals surface area contributed by atoms with E-state index in [9.17, 15) is 19.2 Å². The van der Waals surface area contributed by atoms with Crippen LogP contribution in [0.3, 0.4) is 0 Å². The normalized spacial score (nSPS) is 11.3. The zero-order valence-electron chi connectivity index (χ0n) is 22.4. The second-order valence-electron chi connectivity index (χ2n) is 9.73. The maximum absolute atomic E-state index is 13.9. The molecule has 2 N–H and O–H groups in total. The lowest BCUT2D eigenvalue weighted by Crippen LogP contribution is -2.37. The van der Waals surface area contributed by atoms with Crippen LogP contribution in [0.4, 0.5) is 0 Å². The predicted octanol–water partition coefficient (Wildman–Crippen LogP) is 5.02. The minimum Gasteiger partial charge on any atom is -0.494 e. The van der Waals surface area contributed by atoms with Crippen LogP contribution in [0.5, 0.6) is 5.75 Å². The highest BCUT2D eigenvalue weighted by Gasteiger charge is 2.23. The maximum Gasteiger partial charge on any atom is 0.329 e. The molecule has 5 aromatic rings. The fourth-order valence-electron chi connectivity index (χ4n) is 5.07. The van der Waals surface area contributed by atoms with Crippen LogP contribution in [0.15, 0.2) is 76.4 Å². The van der Waals surface area contributed by atoms with E-state index in [1.165, 1.54) is 18.2 Å². The summed E-state index contributed by atoms with van der Waals surface area (Å²) in [7, 11) is 0. The molecule has 0 aliphatic rings. The summed E-state index contributed by atoms with van der Waals surface area (Å²) in [5, 5.41) is 9.14. The number of fused-ring (bicyclic) bond motifs is 2. The largest absolute Gasteiger partial charge is 0.494 e. The van der Waals surface area contributed by atoms with Crippen molar-refractivity contribution in [3.05, 3.63) is 105 Å². The molecule has 0 spiro atoms. The fraction of sp³-hybridized carbons (Fsp3) is 0.226. The van der Waals surface area contributed by atoms with E-state index in [-0.39, 0.29) is 22.2 Å². The number of pyridine rings is 1. The Bertz CT molecular complexity index is 1890. The molecule has 3 heterocycles. The van der Waals surface area contributed by atoms with Crippen molar-refractivity contribution in [1.29, 1.82) is 0 Å². The molecule has 0 radical (unpaired) electrons. The van der Waals surface area contributed by atoms with Crippen LogP contribution >= 0.6 is 11.6 Å². The van der Waals surface area contributed by atoms with Gasteiger partial charge in [0.1, 0.15) is 12.3 Å². The number of hydrogen-bond donors (Lipinski definition) is 2. The molecule has 0 unspecified atom stereocenters. The molecule has 0 atom stereocenters. The van der Waals surface area contributed by atoms with Crippen molar-refractivity contribution in [1.82, 2.24) is 14.0 Å². The minimum absolute atomic E-state index is 0.112. The predicted molar refractivity (Wildman–Crippen MR) is 158 cm³/mol. The van der Waals surface area contributed by atoms with Crippen molar-refractivity contribution in [3.8, 4) is 16.9 Å². The van der Waals surface area contributed by atoms with Crippen molar-refractivity contribution in [2.45, 2.75) is 32.7 Å². The number of carbonyl (C=O) groups excluding carboxylic acids is 1. The van der Waals surface area contributed by atoms with Crippen LogP contribution < -0.4 is 16.0 Å². The quantitative estimate of drug-likeness (QED) is 0.130. The number of nitrogens with zero attached hydrogens (tertiary/aromatic N) is 2. The van der Waals surface area contributed by atoms with Gasteiger partial charge in [-0.05, 0) is 73.7 Å². The molecule has 0 fully saturated rings. The van der Waals surface area contributed by atoms with Crippen molar-refractivity contribution in [2.24, 2.45) is 0 Å². The molecule has 210 valence electrons. The molecular formula is C31H28ClN3O6. The maximum atomic E-state index is 13.9. The smallest absolute Gasteiger partial charge is 0.329 e. The Morgan fingerprint density at radius 2 is 1.78 bits per heavy atom. The van der Waals surface area contributed by atoms with Gasteiger partial charge < -0.3 is 19.2 Å². The molecule has 2 aromatic carbocycles. The Morgan fingerprint density at radius 3 is 2.51 bits per heavy atom. The number of halogens is 1. The summed E-state index contributed by atoms with van der Waals surface area (Å²) >= 11 is 5.73. The van der Waals surface area contributed by atoms with E-state index in [4.69, 9.17) is 21.4 Å². The molecule has 41 heavy (non-hydrogen) atoms. The van der Waals surface area contributed by atoms with Crippen LogP contribution in [0.2, 0.25) is 0 Å². The number of aromatic amines is 1. The van der Waals surface area contributed by atoms with Gasteiger partial charge in [0.15, 0.2) is 0 Å². The van der Waals surface area contributed by atoms with Gasteiger partial charge in [0, 0.05) is 23.2 Å². The third kappa shape index (κ3) is 5.53. The first-order valence-corrected chi connectivity index (χ1v) is 13.8. The number of benzene rings is 2. The first-order valence-electron chi connectivity index (χ1n) is 13.2. The van der Waals surface area contributed by atoms with Gasteiger partial charge in [-0.2, -0.15) is 0 Å². The summed E-state index contributed by atoms with van der Waals surface area (Å²) in [6.45, 7) is 1.75. The second-order valence-corrected chi connectivity index (χ2v) is 10.1. The van der Waals surface area contributed by atoms with Gasteiger partial charge in [-0.3, -0.25) is 14.4 Å². The minimum atomic E-state index is -1.31. The van der Waals surface area contributed by atoms with E-state index in [1.807, 2.05) is 60.0 Å². The van der Waals surface area contributed by atoms with Gasteiger partial charge in [-0.25, -0.2) is 9.36 Å². The Balaban J connectivity index is 1.51. The third-order valence-electron chi connectivity index (χ3n) is 7.03. The number of unbranched alkanes of at least 4 members (excludes halogenated alkanes) is 2. The molecule has 10 heteroatoms. The Labute approximate surface area is 239 Å². The lowest BCUT2D eigenvalue weighted by Gasteiger charge is -2.08. The van der Waals surface area contributed by atoms with E-state index in [2.05, 4.69) is 4.98 Å². The number of hydrogen-bond acceptors (Lipinski definition) is 5. The molecule has 5 rings (SSSR count). The van der Waals surface area contributed by atoms with Gasteiger partial charge in [-0.15, -0.1) is 11.6 Å². The zero-order valence-corrected chi connectivity index (χ0v) is 23.1. The van der Waals surface area contributed by atoms with Crippen LogP contribution in [0, 0.1) is 6.92 Å². The number of carbonyl (C=O) groups is 2. The van der Waals surface area contributed by atoms with Gasteiger partial charge in [0.2, 0.25) is 5.78 Å². The van der Waals surface area contributed by atoms with E-state index >= 15 is 0 Å². The molecule has 0 aliphatic carbocycles. The Morgan fingerprint density at radius 1 is 1.00 bits per heavy atom. The number of H-pyrrole nitrogens is 1. The van der Waals surface area contributed by atoms with Crippen molar-refractivity contribution in [2.75, 3.05) is 12.5 Å². The van der Waals surface area contributed by atoms with Crippen LogP contribution in [0.1, 0.15) is 40.9 Å². The van der Waals surface area contributed by atoms with Crippen LogP contribution in [-0.4, -0.2) is 43.3 Å². The second kappa shape index (κ2) is 11.9. The first-order chi connectivity index (χ1) is 19.8. The molecule has 3 aromatic heterocycles. The molecule has 0 amide bonds. The number of rotatable bonds is 11. The van der Waals surface area contributed by atoms with Gasteiger partial charge in [0.25, 0.3) is 5.56 Å². The average Bonchev–Trinajstić information content (AvgIpc) is 3.26. The molecule has 0 aliphatic heterocycles. The summed E-state index contributed by atoms with van der Waals surface area (Å²) in [6, 6.07) is 17.9. The number of carboxylic acid groups (broad SMARTS) is 1. The van der Waals surface area contributed by atoms with E-state index < -0.39 is 23.8 Å². The van der Waals surface area contributed by atoms with Crippen molar-refractivity contribution < 1.29 is 19.4 Å². The summed E-state index contributed by atoms with van der Waals surface area (Å²) in [5.74, 6) is -0.176. The van der Waals surface area contributed by atoms with E-state index in [0.717, 1.165) is 47.2 Å². The first kappa shape index (κ1) is 27.9. The summed E-state index contributed by atoms with van der Waals surface area (Å²) in [5.41, 5.74) is 2.77. The Hall–Kier alpha value is -4.63. The average molecular weight is 574 g/mol. The topological polar surface area (TPSA) is 123 Å². The molecule has 0 saturated carbocycles. The lowest BCUT2D eigenvalue weighted by molar-refractivity contribution is -0.137. The zero-order chi connectivity index (χ0) is 29.1. The number of carboxylic acids is 1. The summed E-state index contributed by atoms with van der Waals surface area (Å²) in [6.07, 6.45) is 4.75. The fourth-order valence-corrected chi connectivity index (χ4v) is 5.26. The van der Waals surface area contributed by atoms with Gasteiger partial charge in [0.05, 0.1) is 28.7 Å². The highest BCUT2D eigenvalue weighted by molar-refractivity contribution is 6.17. The SMILES string of the molecule is Cc1c(-c2ccc(OCCCCCCl)cc2)c2ccccn2c1C(=O)c1ccc2c(=O)n(CC(=O)O)c(=O)[nH]c2c1. The highest BCUT2D eigenvalue weighted by atomic mass is 35.5. The number of alkyl halides is 1. The highest BCUT2D eigenvalue weighted by Crippen LogP contribution is 2.35. The Kier molecular flexibility index (Phi) is 8.07. The van der Waals surface area contributed by atoms with Crippen molar-refractivity contribution in [3.63, 3.8) is 0 Å². The van der Waals surface area contributed by atoms with Gasteiger partial charge in [-0.1, -0.05) is 24.3 Å². The number of nitrogens with one attached hydrogen (secondary N) is 1. The van der Waals surface area contributed by atoms with Crippen LogP contribution in [0.25, 0.3) is 27.5 Å². The molecule has 0 saturated heterocycles. The van der Waals surface area contributed by atoms with E-state index in [1.54, 1.807) is 0 Å². The molecule has 0 bridgehead atoms. The van der Waals surface area contributed by atoms with Crippen LogP contribution in [-0.2, 0) is 11.3 Å². The number of ketones is 1. The monoisotopic (exact) mass is 573 g/mol. The lowest BCUT2D eigenvalue weighted by atomic mass is 9.98. The summed E-state index contributed by atoms with van der Waals surface area (Å²) < 4.78 is 8.31. The van der Waals surface area contributed by atoms with E-state index in [0.29, 0.717) is 22.7 Å². The third-order valence-corrected chi connectivity index (χ3v) is 7.30. The number of aromatic nitrogens is 3. The number of aliphatic carboxylic acids is 1. The number of ether oxygens (including phenoxy) is 1. The van der Waals surface area contributed by atoms with Gasteiger partial charge >= 0.3 is 11.7 Å². The van der Waals surface area contributed by atoms with Crippen molar-refractivity contribution >= 4 is 39.8 Å². The molecule has 9 nitrogen and oxygen atoms in total. The molecular weight excluding hydrogens is 546 g/mol.